The van der Waals surface area contributed by atoms with Gasteiger partial charge in [-0.05, 0) is 66.4 Å². The smallest absolute Gasteiger partial charge is 0.101 e. The van der Waals surface area contributed by atoms with E-state index in [9.17, 15) is 10.4 Å². The first-order chi connectivity index (χ1) is 16.5. The van der Waals surface area contributed by atoms with Crippen LogP contribution in [0.4, 0.5) is 5.69 Å². The van der Waals surface area contributed by atoms with Gasteiger partial charge in [0.05, 0.1) is 28.9 Å². The van der Waals surface area contributed by atoms with Crippen molar-refractivity contribution in [1.82, 2.24) is 4.90 Å². The van der Waals surface area contributed by atoms with Crippen molar-refractivity contribution in [2.45, 2.75) is 25.4 Å². The summed E-state index contributed by atoms with van der Waals surface area (Å²) < 4.78 is 0. The Balaban J connectivity index is 1.66. The number of anilines is 1. The maximum Gasteiger partial charge on any atom is 0.101 e. The van der Waals surface area contributed by atoms with Crippen molar-refractivity contribution in [1.29, 1.82) is 10.5 Å². The van der Waals surface area contributed by atoms with E-state index in [0.29, 0.717) is 22.6 Å². The second-order valence-electron chi connectivity index (χ2n) is 8.60. The second-order valence-corrected chi connectivity index (χ2v) is 9.04. The molecule has 0 unspecified atom stereocenters. The number of hydrogen-bond acceptors (Lipinski definition) is 5. The average Bonchev–Trinajstić information content (AvgIpc) is 2.88. The number of aliphatic hydroxyl groups is 1. The van der Waals surface area contributed by atoms with E-state index in [-0.39, 0.29) is 18.7 Å². The third kappa shape index (κ3) is 5.08. The quantitative estimate of drug-likeness (QED) is 0.533. The fourth-order valence-corrected chi connectivity index (χ4v) is 4.80. The Morgan fingerprint density at radius 1 is 1.00 bits per heavy atom. The van der Waals surface area contributed by atoms with Gasteiger partial charge in [0.2, 0.25) is 0 Å². The molecule has 2 atom stereocenters. The van der Waals surface area contributed by atoms with Crippen LogP contribution in [0.2, 0.25) is 5.02 Å². The number of aliphatic hydroxyl groups excluding tert-OH is 1. The molecule has 1 aliphatic heterocycles. The number of piperazine rings is 1. The van der Waals surface area contributed by atoms with E-state index in [2.05, 4.69) is 41.0 Å². The van der Waals surface area contributed by atoms with Crippen LogP contribution in [0.15, 0.2) is 66.7 Å². The first kappa shape index (κ1) is 23.8. The van der Waals surface area contributed by atoms with Crippen LogP contribution in [-0.2, 0) is 6.42 Å². The van der Waals surface area contributed by atoms with Gasteiger partial charge >= 0.3 is 0 Å². The summed E-state index contributed by atoms with van der Waals surface area (Å²) in [5.41, 5.74) is 5.47. The summed E-state index contributed by atoms with van der Waals surface area (Å²) in [4.78, 5) is 4.76. The van der Waals surface area contributed by atoms with Gasteiger partial charge in [-0.1, -0.05) is 41.9 Å². The summed E-state index contributed by atoms with van der Waals surface area (Å²) in [6, 6.07) is 26.4. The molecule has 0 saturated carbocycles. The minimum absolute atomic E-state index is 0.0441. The van der Waals surface area contributed by atoms with Crippen molar-refractivity contribution in [2.24, 2.45) is 0 Å². The molecule has 3 aromatic carbocycles. The summed E-state index contributed by atoms with van der Waals surface area (Å²) in [5, 5.41) is 29.0. The first-order valence-electron chi connectivity index (χ1n) is 11.4. The summed E-state index contributed by atoms with van der Waals surface area (Å²) in [6.07, 6.45) is 0.533. The molecule has 1 heterocycles. The van der Waals surface area contributed by atoms with Crippen LogP contribution in [0.1, 0.15) is 46.8 Å². The Labute approximate surface area is 206 Å². The number of rotatable bonds is 6. The molecule has 0 radical (unpaired) electrons. The highest BCUT2D eigenvalue weighted by atomic mass is 35.5. The highest BCUT2D eigenvalue weighted by Gasteiger charge is 2.32. The lowest BCUT2D eigenvalue weighted by atomic mass is 9.97. The topological polar surface area (TPSA) is 74.3 Å². The van der Waals surface area contributed by atoms with Crippen molar-refractivity contribution in [3.8, 4) is 12.1 Å². The van der Waals surface area contributed by atoms with Gasteiger partial charge in [-0.25, -0.2) is 0 Å². The third-order valence-corrected chi connectivity index (χ3v) is 6.88. The molecule has 1 fully saturated rings. The summed E-state index contributed by atoms with van der Waals surface area (Å²) in [7, 11) is 0. The van der Waals surface area contributed by atoms with E-state index in [1.54, 1.807) is 0 Å². The fraction of sp³-hybridized carbons (Fsp3) is 0.286. The molecule has 4 rings (SSSR count). The van der Waals surface area contributed by atoms with Gasteiger partial charge in [0.25, 0.3) is 0 Å². The Kier molecular flexibility index (Phi) is 7.50. The second kappa shape index (κ2) is 10.7. The molecule has 0 aliphatic carbocycles. The van der Waals surface area contributed by atoms with E-state index in [0.717, 1.165) is 36.4 Å². The van der Waals surface area contributed by atoms with Crippen molar-refractivity contribution < 1.29 is 5.11 Å². The molecule has 1 aliphatic rings. The van der Waals surface area contributed by atoms with E-state index >= 15 is 0 Å². The van der Waals surface area contributed by atoms with Crippen LogP contribution in [0.25, 0.3) is 0 Å². The number of benzene rings is 3. The molecule has 34 heavy (non-hydrogen) atoms. The summed E-state index contributed by atoms with van der Waals surface area (Å²) in [6.45, 7) is 4.65. The number of nitriles is 2. The van der Waals surface area contributed by atoms with Crippen LogP contribution < -0.4 is 4.90 Å². The van der Waals surface area contributed by atoms with Crippen LogP contribution in [0.5, 0.6) is 0 Å². The molecular formula is C28H27ClN4O. The van der Waals surface area contributed by atoms with Crippen LogP contribution in [-0.4, -0.2) is 36.2 Å². The molecule has 1 N–H and O–H groups in total. The molecule has 0 bridgehead atoms. The zero-order valence-corrected chi connectivity index (χ0v) is 19.9. The number of nitrogens with zero attached hydrogens (tertiary/aromatic N) is 4. The van der Waals surface area contributed by atoms with E-state index in [1.165, 1.54) is 5.56 Å². The van der Waals surface area contributed by atoms with Crippen molar-refractivity contribution in [3.63, 3.8) is 0 Å². The molecule has 1 saturated heterocycles. The Morgan fingerprint density at radius 3 is 2.38 bits per heavy atom. The van der Waals surface area contributed by atoms with Crippen LogP contribution in [0, 0.1) is 22.7 Å². The highest BCUT2D eigenvalue weighted by molar-refractivity contribution is 6.30. The minimum atomic E-state index is 0.0441. The molecule has 3 aromatic rings. The zero-order chi connectivity index (χ0) is 24.1. The summed E-state index contributed by atoms with van der Waals surface area (Å²) >= 11 is 6.17. The normalized spacial score (nSPS) is 17.1. The van der Waals surface area contributed by atoms with E-state index in [4.69, 9.17) is 16.9 Å². The molecule has 0 spiro atoms. The van der Waals surface area contributed by atoms with Gasteiger partial charge in [-0.2, -0.15) is 10.5 Å². The molecule has 5 nitrogen and oxygen atoms in total. The lowest BCUT2D eigenvalue weighted by molar-refractivity contribution is 0.171. The zero-order valence-electron chi connectivity index (χ0n) is 19.2. The predicted octanol–water partition coefficient (Wildman–Crippen LogP) is 5.24. The van der Waals surface area contributed by atoms with Gasteiger partial charge < -0.3 is 10.0 Å². The van der Waals surface area contributed by atoms with Gasteiger partial charge in [-0.15, -0.1) is 0 Å². The number of hydrogen-bond donors (Lipinski definition) is 1. The molecule has 0 amide bonds. The Bertz CT molecular complexity index is 1210. The SMILES string of the molecule is C[C@H](c1ccc(C#N)cc1)N1CCN(c2ccc(CCO)cc2C#N)[C@H](c2ccc(Cl)cc2)C1. The maximum atomic E-state index is 9.88. The highest BCUT2D eigenvalue weighted by Crippen LogP contribution is 2.36. The Hall–Kier alpha value is -3.35. The number of halogens is 1. The van der Waals surface area contributed by atoms with Crippen LogP contribution >= 0.6 is 11.6 Å². The predicted molar refractivity (Wildman–Crippen MR) is 135 cm³/mol. The molecule has 172 valence electrons. The summed E-state index contributed by atoms with van der Waals surface area (Å²) in [5.74, 6) is 0. The van der Waals surface area contributed by atoms with Gasteiger partial charge in [0, 0.05) is 37.3 Å². The Morgan fingerprint density at radius 2 is 1.74 bits per heavy atom. The van der Waals surface area contributed by atoms with Crippen molar-refractivity contribution in [3.05, 3.63) is 99.6 Å². The lowest BCUT2D eigenvalue weighted by Gasteiger charge is -2.45. The van der Waals surface area contributed by atoms with Gasteiger partial charge in [-0.3, -0.25) is 4.90 Å². The van der Waals surface area contributed by atoms with E-state index in [1.807, 2.05) is 54.6 Å². The third-order valence-electron chi connectivity index (χ3n) is 6.63. The molecule has 0 aromatic heterocycles. The molecular weight excluding hydrogens is 444 g/mol. The standard InChI is InChI=1S/C28H27ClN4O/c1-20(23-5-2-22(17-30)3-6-23)32-13-14-33(28(19-32)24-7-9-26(29)10-8-24)27-11-4-21(12-15-34)16-25(27)18-31/h2-11,16,20,28,34H,12-15,19H2,1H3/t20-,28+/m1/s1. The first-order valence-corrected chi connectivity index (χ1v) is 11.8. The minimum Gasteiger partial charge on any atom is -0.396 e. The van der Waals surface area contributed by atoms with Gasteiger partial charge in [0.1, 0.15) is 6.07 Å². The van der Waals surface area contributed by atoms with E-state index < -0.39 is 0 Å². The van der Waals surface area contributed by atoms with Crippen molar-refractivity contribution >= 4 is 17.3 Å². The van der Waals surface area contributed by atoms with Crippen molar-refractivity contribution in [2.75, 3.05) is 31.1 Å². The fourth-order valence-electron chi connectivity index (χ4n) is 4.67. The lowest BCUT2D eigenvalue weighted by Crippen LogP contribution is -2.49. The molecule has 6 heteroatoms. The average molecular weight is 471 g/mol. The van der Waals surface area contributed by atoms with Crippen LogP contribution in [0.3, 0.4) is 0 Å². The largest absolute Gasteiger partial charge is 0.396 e. The monoisotopic (exact) mass is 470 g/mol. The maximum absolute atomic E-state index is 9.88. The van der Waals surface area contributed by atoms with Gasteiger partial charge in [0.15, 0.2) is 0 Å².